The third-order valence-corrected chi connectivity index (χ3v) is 16.8. The maximum Gasteiger partial charge on any atom is 0.0998 e. The van der Waals surface area contributed by atoms with E-state index in [-0.39, 0.29) is 11.8 Å². The van der Waals surface area contributed by atoms with Crippen molar-refractivity contribution in [2.24, 2.45) is 0 Å². The van der Waals surface area contributed by atoms with E-state index < -0.39 is 0 Å². The summed E-state index contributed by atoms with van der Waals surface area (Å²) in [7, 11) is 0. The second-order valence-electron chi connectivity index (χ2n) is 20.3. The Labute approximate surface area is 406 Å². The van der Waals surface area contributed by atoms with Gasteiger partial charge in [-0.2, -0.15) is 21.0 Å². The number of hydrogen-bond acceptors (Lipinski definition) is 4. The molecular weight excluding hydrogens is 849 g/mol. The topological polar surface area (TPSA) is 95.2 Å². The number of rotatable bonds is 4. The zero-order chi connectivity index (χ0) is 46.8. The molecule has 0 spiro atoms. The van der Waals surface area contributed by atoms with Crippen molar-refractivity contribution in [3.8, 4) is 91.0 Å². The van der Waals surface area contributed by atoms with E-state index in [0.29, 0.717) is 22.3 Å². The predicted octanol–water partition coefficient (Wildman–Crippen LogP) is 17.7. The van der Waals surface area contributed by atoms with Gasteiger partial charge in [-0.3, -0.25) is 0 Å². The zero-order valence-electron chi connectivity index (χ0n) is 38.7. The Kier molecular flexibility index (Phi) is 8.97. The average Bonchev–Trinajstić information content (AvgIpc) is 3.91. The van der Waals surface area contributed by atoms with Crippen LogP contribution in [0.5, 0.6) is 0 Å². The minimum Gasteiger partial charge on any atom is -0.192 e. The molecule has 0 amide bonds. The Morgan fingerprint density at radius 2 is 0.643 bits per heavy atom. The number of nitriles is 4. The van der Waals surface area contributed by atoms with Gasteiger partial charge in [0.05, 0.1) is 46.5 Å². The molecule has 14 rings (SSSR count). The van der Waals surface area contributed by atoms with Gasteiger partial charge in [-0.15, -0.1) is 0 Å². The third-order valence-electron chi connectivity index (χ3n) is 16.8. The van der Waals surface area contributed by atoms with Crippen molar-refractivity contribution in [2.45, 2.75) is 76.0 Å². The fourth-order valence-electron chi connectivity index (χ4n) is 13.7. The molecule has 0 aromatic heterocycles. The maximum atomic E-state index is 11.2. The first-order valence-electron chi connectivity index (χ1n) is 25.1. The van der Waals surface area contributed by atoms with Crippen molar-refractivity contribution in [3.63, 3.8) is 0 Å². The van der Waals surface area contributed by atoms with Crippen LogP contribution in [0, 0.1) is 45.3 Å². The lowest BCUT2D eigenvalue weighted by Gasteiger charge is -2.27. The summed E-state index contributed by atoms with van der Waals surface area (Å²) in [4.78, 5) is 0. The van der Waals surface area contributed by atoms with Gasteiger partial charge in [-0.05, 0) is 219 Å². The van der Waals surface area contributed by atoms with Crippen LogP contribution in [0.1, 0.15) is 109 Å². The SMILES string of the molecule is N#Cc1cc(C#N)c(-c2cc3c4cc5c(cc4c(-c4c(C#N)cc(C#N)cc4C4CCCCC4)cc3c3cc4c(cc23)-c2cccc3cccc-4c23)-c2cccc3cccc-5c23)c(C2CCCCC2)c1. The van der Waals surface area contributed by atoms with Crippen molar-refractivity contribution < 1.29 is 0 Å². The van der Waals surface area contributed by atoms with Gasteiger partial charge in [-0.25, -0.2) is 0 Å². The summed E-state index contributed by atoms with van der Waals surface area (Å²) in [6, 6.07) is 58.6. The first-order chi connectivity index (χ1) is 34.5. The quantitative estimate of drug-likeness (QED) is 0.164. The lowest BCUT2D eigenvalue weighted by atomic mass is 9.76. The summed E-state index contributed by atoms with van der Waals surface area (Å²) in [6.07, 6.45) is 10.9. The second-order valence-corrected chi connectivity index (χ2v) is 20.3. The van der Waals surface area contributed by atoms with Gasteiger partial charge in [0, 0.05) is 11.1 Å². The molecule has 2 saturated carbocycles. The molecule has 0 saturated heterocycles. The van der Waals surface area contributed by atoms with Crippen LogP contribution < -0.4 is 0 Å². The van der Waals surface area contributed by atoms with Crippen LogP contribution in [0.3, 0.4) is 0 Å². The zero-order valence-corrected chi connectivity index (χ0v) is 38.7. The van der Waals surface area contributed by atoms with E-state index in [0.717, 1.165) is 117 Å². The molecule has 4 heteroatoms. The molecule has 10 aromatic carbocycles. The van der Waals surface area contributed by atoms with Gasteiger partial charge in [0.2, 0.25) is 0 Å². The van der Waals surface area contributed by atoms with Gasteiger partial charge in [0.15, 0.2) is 0 Å². The first kappa shape index (κ1) is 40.5. The Hall–Kier alpha value is -8.54. The van der Waals surface area contributed by atoms with Crippen molar-refractivity contribution in [3.05, 3.63) is 167 Å². The van der Waals surface area contributed by atoms with Crippen LogP contribution in [0.2, 0.25) is 0 Å². The lowest BCUT2D eigenvalue weighted by Crippen LogP contribution is -2.08. The van der Waals surface area contributed by atoms with E-state index >= 15 is 0 Å². The standard InChI is InChI=1S/C66H44N4/c67-33-37-23-43(35-69)65(49(25-37)39-11-3-1-4-12-39)61-31-57-56-28-52-46-20-8-16-42-18-10-22-48(64(42)46)54(52)30-60(56)62(66-44(36-70)24-38(34-68)26-50(66)40-13-5-2-6-14-40)32-58(57)55-27-51-45-19-7-15-41-17-9-21-47(63(41)45)53(51)29-59(55)61/h7-10,15-32,39-40H,1-6,11-14H2. The van der Waals surface area contributed by atoms with Crippen LogP contribution in [0.25, 0.3) is 121 Å². The fourth-order valence-corrected chi connectivity index (χ4v) is 13.7. The highest BCUT2D eigenvalue weighted by Gasteiger charge is 2.31. The molecular formula is C66H44N4. The van der Waals surface area contributed by atoms with Crippen molar-refractivity contribution in [1.29, 1.82) is 21.0 Å². The molecule has 0 radical (unpaired) electrons. The Balaban J connectivity index is 1.19. The number of hydrogen-bond donors (Lipinski definition) is 0. The summed E-state index contributed by atoms with van der Waals surface area (Å²) in [5, 5.41) is 54.6. The van der Waals surface area contributed by atoms with Gasteiger partial charge >= 0.3 is 0 Å². The molecule has 2 fully saturated rings. The van der Waals surface area contributed by atoms with E-state index in [1.54, 1.807) is 12.1 Å². The maximum absolute atomic E-state index is 11.2. The van der Waals surface area contributed by atoms with Crippen LogP contribution >= 0.6 is 0 Å². The molecule has 0 aliphatic heterocycles. The molecule has 0 N–H and O–H groups in total. The van der Waals surface area contributed by atoms with Gasteiger partial charge < -0.3 is 0 Å². The first-order valence-corrected chi connectivity index (χ1v) is 25.1. The summed E-state index contributed by atoms with van der Waals surface area (Å²) in [5.74, 6) is 0.449. The molecule has 10 aromatic rings. The monoisotopic (exact) mass is 892 g/mol. The third kappa shape index (κ3) is 5.78. The van der Waals surface area contributed by atoms with Crippen molar-refractivity contribution >= 4 is 53.9 Å². The average molecular weight is 893 g/mol. The van der Waals surface area contributed by atoms with Crippen LogP contribution in [0.4, 0.5) is 0 Å². The minimum atomic E-state index is 0.225. The van der Waals surface area contributed by atoms with Crippen molar-refractivity contribution in [2.75, 3.05) is 0 Å². The summed E-state index contributed by atoms with van der Waals surface area (Å²) in [5.41, 5.74) is 17.8. The van der Waals surface area contributed by atoms with E-state index in [4.69, 9.17) is 0 Å². The van der Waals surface area contributed by atoms with E-state index in [2.05, 4.69) is 146 Å². The molecule has 0 heterocycles. The molecule has 4 nitrogen and oxygen atoms in total. The fraction of sp³-hybridized carbons (Fsp3) is 0.182. The van der Waals surface area contributed by atoms with E-state index in [1.165, 1.54) is 78.9 Å². The van der Waals surface area contributed by atoms with Crippen LogP contribution in [0.15, 0.2) is 133 Å². The van der Waals surface area contributed by atoms with Crippen LogP contribution in [-0.4, -0.2) is 0 Å². The minimum absolute atomic E-state index is 0.225. The highest BCUT2D eigenvalue weighted by Crippen LogP contribution is 2.56. The highest BCUT2D eigenvalue weighted by molar-refractivity contribution is 6.29. The van der Waals surface area contributed by atoms with Gasteiger partial charge in [-0.1, -0.05) is 111 Å². The Morgan fingerprint density at radius 1 is 0.314 bits per heavy atom. The van der Waals surface area contributed by atoms with Gasteiger partial charge in [0.25, 0.3) is 0 Å². The Bertz CT molecular complexity index is 3910. The molecule has 70 heavy (non-hydrogen) atoms. The number of benzene rings is 10. The summed E-state index contributed by atoms with van der Waals surface area (Å²) >= 11 is 0. The molecule has 4 aliphatic carbocycles. The normalized spacial score (nSPS) is 15.0. The predicted molar refractivity (Wildman–Crippen MR) is 284 cm³/mol. The van der Waals surface area contributed by atoms with Crippen LogP contribution in [-0.2, 0) is 0 Å². The molecule has 4 aliphatic rings. The summed E-state index contributed by atoms with van der Waals surface area (Å²) in [6.45, 7) is 0. The van der Waals surface area contributed by atoms with Crippen molar-refractivity contribution in [1.82, 2.24) is 0 Å². The molecule has 328 valence electrons. The smallest absolute Gasteiger partial charge is 0.0998 e. The highest BCUT2D eigenvalue weighted by atomic mass is 14.4. The molecule has 0 bridgehead atoms. The van der Waals surface area contributed by atoms with E-state index in [1.807, 2.05) is 0 Å². The number of nitrogens with zero attached hydrogens (tertiary/aromatic N) is 4. The number of fused-ring (bicyclic) bond motifs is 11. The molecule has 0 unspecified atom stereocenters. The van der Waals surface area contributed by atoms with E-state index in [9.17, 15) is 21.0 Å². The Morgan fingerprint density at radius 3 is 0.986 bits per heavy atom. The summed E-state index contributed by atoms with van der Waals surface area (Å²) < 4.78 is 0. The van der Waals surface area contributed by atoms with Gasteiger partial charge in [0.1, 0.15) is 0 Å². The second kappa shape index (κ2) is 15.5. The lowest BCUT2D eigenvalue weighted by molar-refractivity contribution is 0.444. The largest absolute Gasteiger partial charge is 0.192 e. The molecule has 0 atom stereocenters.